The molecule has 1 aliphatic heterocycles. The van der Waals surface area contributed by atoms with Gasteiger partial charge in [0.15, 0.2) is 6.04 Å². The van der Waals surface area contributed by atoms with Crippen LogP contribution < -0.4 is 15.1 Å². The molecule has 4 nitrogen and oxygen atoms in total. The monoisotopic (exact) mass is 378 g/mol. The van der Waals surface area contributed by atoms with Gasteiger partial charge in [-0.05, 0) is 36.9 Å². The van der Waals surface area contributed by atoms with Crippen molar-refractivity contribution in [2.45, 2.75) is 19.4 Å². The zero-order valence-electron chi connectivity index (χ0n) is 14.5. The van der Waals surface area contributed by atoms with Gasteiger partial charge in [-0.15, -0.1) is 11.3 Å². The molecule has 0 spiro atoms. The predicted molar refractivity (Wildman–Crippen MR) is 105 cm³/mol. The molecule has 1 atom stereocenters. The molecule has 25 heavy (non-hydrogen) atoms. The fourth-order valence-electron chi connectivity index (χ4n) is 3.28. The van der Waals surface area contributed by atoms with Crippen LogP contribution in [0.25, 0.3) is 0 Å². The lowest BCUT2D eigenvalue weighted by Crippen LogP contribution is -3.19. The van der Waals surface area contributed by atoms with E-state index in [1.165, 1.54) is 9.78 Å². The summed E-state index contributed by atoms with van der Waals surface area (Å²) in [5, 5.41) is 5.95. The average molecular weight is 379 g/mol. The van der Waals surface area contributed by atoms with Gasteiger partial charge in [0.2, 0.25) is 0 Å². The molecule has 2 aromatic rings. The molecule has 3 rings (SSSR count). The van der Waals surface area contributed by atoms with E-state index in [1.807, 2.05) is 31.2 Å². The summed E-state index contributed by atoms with van der Waals surface area (Å²) in [5.74, 6) is 0.151. The lowest BCUT2D eigenvalue weighted by atomic mass is 10.2. The standard InChI is InChI=1S/C19H24ClN3OS/c1-15(19(24)21-9-8-16-5-4-14-25-16)22-10-12-23(13-11-22)18-7-3-2-6-17(18)20/h2-7,14-15H,8-13H2,1H3,(H,21,24)/p+1/t15-/m0/s1. The van der Waals surface area contributed by atoms with Gasteiger partial charge in [-0.3, -0.25) is 4.79 Å². The zero-order valence-corrected chi connectivity index (χ0v) is 16.1. The summed E-state index contributed by atoms with van der Waals surface area (Å²) >= 11 is 8.03. The predicted octanol–water partition coefficient (Wildman–Crippen LogP) is 1.85. The lowest BCUT2D eigenvalue weighted by molar-refractivity contribution is -0.914. The third kappa shape index (κ3) is 4.75. The molecule has 1 fully saturated rings. The molecular formula is C19H25ClN3OS+. The summed E-state index contributed by atoms with van der Waals surface area (Å²) < 4.78 is 0. The molecule has 0 unspecified atom stereocenters. The van der Waals surface area contributed by atoms with Crippen LogP contribution in [0.3, 0.4) is 0 Å². The van der Waals surface area contributed by atoms with Gasteiger partial charge in [-0.2, -0.15) is 0 Å². The first-order valence-electron chi connectivity index (χ1n) is 8.79. The first kappa shape index (κ1) is 18.2. The molecule has 0 radical (unpaired) electrons. The second kappa shape index (κ2) is 8.70. The van der Waals surface area contributed by atoms with Gasteiger partial charge < -0.3 is 15.1 Å². The van der Waals surface area contributed by atoms with Gasteiger partial charge in [0.1, 0.15) is 0 Å². The van der Waals surface area contributed by atoms with Gasteiger partial charge in [-0.1, -0.05) is 29.8 Å². The van der Waals surface area contributed by atoms with E-state index in [-0.39, 0.29) is 11.9 Å². The molecule has 1 aromatic heterocycles. The van der Waals surface area contributed by atoms with Crippen LogP contribution in [-0.4, -0.2) is 44.7 Å². The minimum atomic E-state index is -0.0169. The number of hydrogen-bond acceptors (Lipinski definition) is 3. The molecule has 1 saturated heterocycles. The summed E-state index contributed by atoms with van der Waals surface area (Å²) in [4.78, 5) is 17.4. The lowest BCUT2D eigenvalue weighted by Gasteiger charge is -2.36. The van der Waals surface area contributed by atoms with Crippen LogP contribution in [0.2, 0.25) is 5.02 Å². The van der Waals surface area contributed by atoms with Crippen molar-refractivity contribution >= 4 is 34.5 Å². The molecule has 1 amide bonds. The van der Waals surface area contributed by atoms with Crippen molar-refractivity contribution in [1.82, 2.24) is 5.32 Å². The van der Waals surface area contributed by atoms with E-state index in [4.69, 9.17) is 11.6 Å². The van der Waals surface area contributed by atoms with E-state index in [2.05, 4.69) is 27.7 Å². The number of thiophene rings is 1. The number of nitrogens with one attached hydrogen (secondary N) is 2. The van der Waals surface area contributed by atoms with Crippen molar-refractivity contribution in [2.24, 2.45) is 0 Å². The number of carbonyl (C=O) groups excluding carboxylic acids is 1. The number of benzene rings is 1. The smallest absolute Gasteiger partial charge is 0.278 e. The number of carbonyl (C=O) groups is 1. The average Bonchev–Trinajstić information content (AvgIpc) is 3.15. The Morgan fingerprint density at radius 1 is 1.28 bits per heavy atom. The maximum atomic E-state index is 12.4. The van der Waals surface area contributed by atoms with Crippen molar-refractivity contribution in [2.75, 3.05) is 37.6 Å². The Bertz CT molecular complexity index is 684. The topological polar surface area (TPSA) is 36.8 Å². The Labute approximate surface area is 158 Å². The number of hydrogen-bond donors (Lipinski definition) is 2. The maximum absolute atomic E-state index is 12.4. The number of rotatable bonds is 6. The maximum Gasteiger partial charge on any atom is 0.278 e. The number of amides is 1. The van der Waals surface area contributed by atoms with Crippen LogP contribution in [0.1, 0.15) is 11.8 Å². The minimum Gasteiger partial charge on any atom is -0.359 e. The summed E-state index contributed by atoms with van der Waals surface area (Å²) in [6.07, 6.45) is 0.908. The molecule has 0 saturated carbocycles. The first-order chi connectivity index (χ1) is 12.1. The second-order valence-corrected chi connectivity index (χ2v) is 7.88. The molecule has 0 aliphatic carbocycles. The van der Waals surface area contributed by atoms with Gasteiger partial charge >= 0.3 is 0 Å². The van der Waals surface area contributed by atoms with Gasteiger partial charge in [0.25, 0.3) is 5.91 Å². The van der Waals surface area contributed by atoms with Crippen LogP contribution in [0, 0.1) is 0 Å². The highest BCUT2D eigenvalue weighted by Crippen LogP contribution is 2.24. The van der Waals surface area contributed by atoms with E-state index >= 15 is 0 Å². The van der Waals surface area contributed by atoms with Gasteiger partial charge in [0.05, 0.1) is 36.9 Å². The molecule has 134 valence electrons. The third-order valence-corrected chi connectivity index (χ3v) is 6.11. The number of halogens is 1. The Hall–Kier alpha value is -1.56. The largest absolute Gasteiger partial charge is 0.359 e. The molecule has 1 aliphatic rings. The van der Waals surface area contributed by atoms with Crippen LogP contribution >= 0.6 is 22.9 Å². The Balaban J connectivity index is 1.45. The molecule has 6 heteroatoms. The number of quaternary nitrogens is 1. The Morgan fingerprint density at radius 2 is 2.04 bits per heavy atom. The summed E-state index contributed by atoms with van der Waals surface area (Å²) in [6.45, 7) is 6.48. The Morgan fingerprint density at radius 3 is 2.72 bits per heavy atom. The van der Waals surface area contributed by atoms with E-state index in [9.17, 15) is 4.79 Å². The number of para-hydroxylation sites is 1. The third-order valence-electron chi connectivity index (χ3n) is 4.86. The summed E-state index contributed by atoms with van der Waals surface area (Å²) in [5.41, 5.74) is 1.09. The number of piperazine rings is 1. The molecule has 2 N–H and O–H groups in total. The molecule has 1 aromatic carbocycles. The first-order valence-corrected chi connectivity index (χ1v) is 10.0. The fourth-order valence-corrected chi connectivity index (χ4v) is 4.24. The fraction of sp³-hybridized carbons (Fsp3) is 0.421. The zero-order chi connectivity index (χ0) is 17.6. The van der Waals surface area contributed by atoms with Gasteiger partial charge in [0, 0.05) is 11.4 Å². The van der Waals surface area contributed by atoms with Crippen LogP contribution in [0.15, 0.2) is 41.8 Å². The molecule has 2 heterocycles. The summed E-state index contributed by atoms with van der Waals surface area (Å²) in [6, 6.07) is 12.1. The number of anilines is 1. The van der Waals surface area contributed by atoms with Crippen molar-refractivity contribution in [1.29, 1.82) is 0 Å². The highest BCUT2D eigenvalue weighted by Gasteiger charge is 2.29. The second-order valence-electron chi connectivity index (χ2n) is 6.44. The Kier molecular flexibility index (Phi) is 6.34. The van der Waals surface area contributed by atoms with Crippen molar-refractivity contribution in [3.63, 3.8) is 0 Å². The van der Waals surface area contributed by atoms with E-state index in [0.717, 1.165) is 43.3 Å². The minimum absolute atomic E-state index is 0.0169. The summed E-state index contributed by atoms with van der Waals surface area (Å²) in [7, 11) is 0. The van der Waals surface area contributed by atoms with Gasteiger partial charge in [-0.25, -0.2) is 0 Å². The SMILES string of the molecule is C[C@@H](C(=O)NCCc1cccs1)[NH+]1CCN(c2ccccc2Cl)CC1. The highest BCUT2D eigenvalue weighted by atomic mass is 35.5. The van der Waals surface area contributed by atoms with Crippen LogP contribution in [0.4, 0.5) is 5.69 Å². The quantitative estimate of drug-likeness (QED) is 0.805. The van der Waals surface area contributed by atoms with E-state index < -0.39 is 0 Å². The number of nitrogens with zero attached hydrogens (tertiary/aromatic N) is 1. The highest BCUT2D eigenvalue weighted by molar-refractivity contribution is 7.09. The van der Waals surface area contributed by atoms with Crippen molar-refractivity contribution < 1.29 is 9.69 Å². The van der Waals surface area contributed by atoms with Crippen LogP contribution in [0.5, 0.6) is 0 Å². The molecule has 0 bridgehead atoms. The van der Waals surface area contributed by atoms with E-state index in [1.54, 1.807) is 11.3 Å². The normalized spacial score (nSPS) is 16.6. The van der Waals surface area contributed by atoms with Crippen LogP contribution in [-0.2, 0) is 11.2 Å². The molecular weight excluding hydrogens is 354 g/mol. The van der Waals surface area contributed by atoms with Crippen molar-refractivity contribution in [3.8, 4) is 0 Å². The van der Waals surface area contributed by atoms with E-state index in [0.29, 0.717) is 6.54 Å². The van der Waals surface area contributed by atoms with Crippen molar-refractivity contribution in [3.05, 3.63) is 51.7 Å².